The zero-order valence-corrected chi connectivity index (χ0v) is 14.8. The Morgan fingerprint density at radius 3 is 2.88 bits per heavy atom. The summed E-state index contributed by atoms with van der Waals surface area (Å²) in [5, 5.41) is 1.23. The highest BCUT2D eigenvalue weighted by Crippen LogP contribution is 2.31. The number of methoxy groups -OCH3 is 1. The molecular weight excluding hydrogens is 316 g/mol. The van der Waals surface area contributed by atoms with Crippen LogP contribution in [0.1, 0.15) is 40.9 Å². The van der Waals surface area contributed by atoms with Crippen molar-refractivity contribution in [3.05, 3.63) is 35.0 Å². The fourth-order valence-electron chi connectivity index (χ4n) is 3.96. The summed E-state index contributed by atoms with van der Waals surface area (Å²) in [4.78, 5) is 18.4. The Balaban J connectivity index is 1.51. The number of fused-ring (bicyclic) bond motifs is 3. The molecule has 25 heavy (non-hydrogen) atoms. The number of aryl methyl sites for hydroxylation is 2. The van der Waals surface area contributed by atoms with Crippen LogP contribution in [0.25, 0.3) is 10.9 Å². The van der Waals surface area contributed by atoms with E-state index in [0.717, 1.165) is 23.9 Å². The summed E-state index contributed by atoms with van der Waals surface area (Å²) >= 11 is 0. The Morgan fingerprint density at radius 2 is 2.04 bits per heavy atom. The molecule has 2 aromatic rings. The maximum atomic E-state index is 12.9. The lowest BCUT2D eigenvalue weighted by Crippen LogP contribution is -2.55. The van der Waals surface area contributed by atoms with Gasteiger partial charge in [-0.1, -0.05) is 18.6 Å². The number of nitrogens with one attached hydrogen (secondary N) is 1. The number of carbonyl (C=O) groups is 1. The third kappa shape index (κ3) is 3.18. The predicted octanol–water partition coefficient (Wildman–Crippen LogP) is 2.92. The van der Waals surface area contributed by atoms with E-state index in [-0.39, 0.29) is 12.0 Å². The zero-order chi connectivity index (χ0) is 17.2. The number of hydrogen-bond acceptors (Lipinski definition) is 3. The van der Waals surface area contributed by atoms with Crippen molar-refractivity contribution in [3.63, 3.8) is 0 Å². The number of ether oxygens (including phenoxy) is 2. The maximum absolute atomic E-state index is 12.9. The molecule has 1 fully saturated rings. The molecule has 0 unspecified atom stereocenters. The van der Waals surface area contributed by atoms with E-state index >= 15 is 0 Å². The SMILES string of the molecule is COCCOC1CN(C(=O)c2cccc3c4c([nH]c23)CCCCC4)C1. The van der Waals surface area contributed by atoms with Gasteiger partial charge in [-0.25, -0.2) is 0 Å². The number of H-pyrrole nitrogens is 1. The summed E-state index contributed by atoms with van der Waals surface area (Å²) in [5.74, 6) is 0.105. The molecule has 1 saturated heterocycles. The van der Waals surface area contributed by atoms with Crippen LogP contribution < -0.4 is 0 Å². The Kier molecular flexibility index (Phi) is 4.77. The van der Waals surface area contributed by atoms with E-state index in [1.165, 1.54) is 35.9 Å². The van der Waals surface area contributed by atoms with Crippen LogP contribution in [0.2, 0.25) is 0 Å². The zero-order valence-electron chi connectivity index (χ0n) is 14.8. The molecule has 0 bridgehead atoms. The number of para-hydroxylation sites is 1. The standard InChI is InChI=1S/C20H26N2O3/c1-24-10-11-25-14-12-22(13-14)20(23)17-8-5-7-16-15-6-3-2-4-9-18(15)21-19(16)17/h5,7-8,14,21H,2-4,6,9-13H2,1H3. The molecule has 0 radical (unpaired) electrons. The number of likely N-dealkylation sites (tertiary alicyclic amines) is 1. The Bertz CT molecular complexity index is 762. The summed E-state index contributed by atoms with van der Waals surface area (Å²) in [6, 6.07) is 6.11. The van der Waals surface area contributed by atoms with E-state index in [4.69, 9.17) is 9.47 Å². The minimum absolute atomic E-state index is 0.105. The van der Waals surface area contributed by atoms with Crippen molar-refractivity contribution < 1.29 is 14.3 Å². The summed E-state index contributed by atoms with van der Waals surface area (Å²) in [7, 11) is 1.67. The highest BCUT2D eigenvalue weighted by molar-refractivity contribution is 6.07. The second-order valence-electron chi connectivity index (χ2n) is 7.07. The van der Waals surface area contributed by atoms with E-state index in [0.29, 0.717) is 26.3 Å². The van der Waals surface area contributed by atoms with Gasteiger partial charge in [0, 0.05) is 31.3 Å². The van der Waals surface area contributed by atoms with Crippen LogP contribution in [0.3, 0.4) is 0 Å². The molecule has 4 rings (SSSR count). The molecule has 134 valence electrons. The third-order valence-corrected chi connectivity index (χ3v) is 5.39. The van der Waals surface area contributed by atoms with Crippen molar-refractivity contribution in [1.82, 2.24) is 9.88 Å². The molecule has 1 aliphatic heterocycles. The van der Waals surface area contributed by atoms with Gasteiger partial charge < -0.3 is 19.4 Å². The molecule has 0 saturated carbocycles. The average Bonchev–Trinajstić information content (AvgIpc) is 2.78. The van der Waals surface area contributed by atoms with Gasteiger partial charge in [0.15, 0.2) is 0 Å². The summed E-state index contributed by atoms with van der Waals surface area (Å²) < 4.78 is 10.7. The molecule has 0 atom stereocenters. The lowest BCUT2D eigenvalue weighted by Gasteiger charge is -2.39. The molecule has 2 aliphatic rings. The van der Waals surface area contributed by atoms with Gasteiger partial charge in [-0.3, -0.25) is 4.79 Å². The summed E-state index contributed by atoms with van der Waals surface area (Å²) in [6.45, 7) is 2.51. The van der Waals surface area contributed by atoms with Crippen molar-refractivity contribution in [2.75, 3.05) is 33.4 Å². The molecular formula is C20H26N2O3. The van der Waals surface area contributed by atoms with Gasteiger partial charge in [0.1, 0.15) is 0 Å². The van der Waals surface area contributed by atoms with Gasteiger partial charge >= 0.3 is 0 Å². The Hall–Kier alpha value is -1.85. The van der Waals surface area contributed by atoms with Crippen molar-refractivity contribution in [2.45, 2.75) is 38.2 Å². The quantitative estimate of drug-likeness (QED) is 0.671. The van der Waals surface area contributed by atoms with Gasteiger partial charge in [0.05, 0.1) is 30.4 Å². The molecule has 5 heteroatoms. The van der Waals surface area contributed by atoms with Crippen LogP contribution in [0, 0.1) is 0 Å². The number of aromatic nitrogens is 1. The smallest absolute Gasteiger partial charge is 0.256 e. The van der Waals surface area contributed by atoms with E-state index in [2.05, 4.69) is 11.1 Å². The van der Waals surface area contributed by atoms with Gasteiger partial charge in [-0.05, 0) is 37.3 Å². The van der Waals surface area contributed by atoms with Crippen molar-refractivity contribution >= 4 is 16.8 Å². The number of amides is 1. The number of aromatic amines is 1. The van der Waals surface area contributed by atoms with E-state index < -0.39 is 0 Å². The highest BCUT2D eigenvalue weighted by atomic mass is 16.5. The third-order valence-electron chi connectivity index (χ3n) is 5.39. The maximum Gasteiger partial charge on any atom is 0.256 e. The lowest BCUT2D eigenvalue weighted by atomic mass is 10.0. The first-order valence-electron chi connectivity index (χ1n) is 9.30. The molecule has 2 heterocycles. The van der Waals surface area contributed by atoms with Crippen molar-refractivity contribution in [2.24, 2.45) is 0 Å². The average molecular weight is 342 g/mol. The monoisotopic (exact) mass is 342 g/mol. The fraction of sp³-hybridized carbons (Fsp3) is 0.550. The van der Waals surface area contributed by atoms with Crippen LogP contribution >= 0.6 is 0 Å². The van der Waals surface area contributed by atoms with Crippen molar-refractivity contribution in [1.29, 1.82) is 0 Å². The second kappa shape index (κ2) is 7.18. The fourth-order valence-corrected chi connectivity index (χ4v) is 3.96. The van der Waals surface area contributed by atoms with E-state index in [1.807, 2.05) is 17.0 Å². The number of carbonyl (C=O) groups excluding carboxylic acids is 1. The van der Waals surface area contributed by atoms with Crippen LogP contribution in [0.4, 0.5) is 0 Å². The molecule has 1 aliphatic carbocycles. The van der Waals surface area contributed by atoms with Gasteiger partial charge in [-0.2, -0.15) is 0 Å². The Labute approximate surface area is 148 Å². The predicted molar refractivity (Wildman–Crippen MR) is 97.1 cm³/mol. The van der Waals surface area contributed by atoms with Crippen molar-refractivity contribution in [3.8, 4) is 0 Å². The highest BCUT2D eigenvalue weighted by Gasteiger charge is 2.33. The van der Waals surface area contributed by atoms with Gasteiger partial charge in [0.25, 0.3) is 5.91 Å². The van der Waals surface area contributed by atoms with Crippen LogP contribution in [0.5, 0.6) is 0 Å². The molecule has 5 nitrogen and oxygen atoms in total. The topological polar surface area (TPSA) is 54.6 Å². The molecule has 1 aromatic carbocycles. The molecule has 1 N–H and O–H groups in total. The molecule has 1 amide bonds. The first kappa shape index (κ1) is 16.6. The number of rotatable bonds is 5. The summed E-state index contributed by atoms with van der Waals surface area (Å²) in [5.41, 5.74) is 4.56. The minimum atomic E-state index is 0.105. The first-order valence-corrected chi connectivity index (χ1v) is 9.30. The summed E-state index contributed by atoms with van der Waals surface area (Å²) in [6.07, 6.45) is 6.11. The minimum Gasteiger partial charge on any atom is -0.382 e. The Morgan fingerprint density at radius 1 is 1.20 bits per heavy atom. The van der Waals surface area contributed by atoms with E-state index in [1.54, 1.807) is 7.11 Å². The molecule has 0 spiro atoms. The van der Waals surface area contributed by atoms with Crippen LogP contribution in [-0.2, 0) is 22.3 Å². The number of hydrogen-bond donors (Lipinski definition) is 1. The second-order valence-corrected chi connectivity index (χ2v) is 7.07. The lowest BCUT2D eigenvalue weighted by molar-refractivity contribution is -0.0554. The van der Waals surface area contributed by atoms with Gasteiger partial charge in [0.2, 0.25) is 0 Å². The normalized spacial score (nSPS) is 18.0. The number of benzene rings is 1. The van der Waals surface area contributed by atoms with Gasteiger partial charge in [-0.15, -0.1) is 0 Å². The largest absolute Gasteiger partial charge is 0.382 e. The molecule has 1 aromatic heterocycles. The van der Waals surface area contributed by atoms with Crippen LogP contribution in [0.15, 0.2) is 18.2 Å². The first-order chi connectivity index (χ1) is 12.3. The van der Waals surface area contributed by atoms with Crippen LogP contribution in [-0.4, -0.2) is 55.3 Å². The number of nitrogens with zero attached hydrogens (tertiary/aromatic N) is 1. The van der Waals surface area contributed by atoms with E-state index in [9.17, 15) is 4.79 Å².